The number of aryl methyl sites for hydroxylation is 1. The van der Waals surface area contributed by atoms with Crippen molar-refractivity contribution in [3.8, 4) is 5.75 Å². The van der Waals surface area contributed by atoms with Crippen LogP contribution in [0.1, 0.15) is 15.9 Å². The van der Waals surface area contributed by atoms with Crippen LogP contribution in [-0.4, -0.2) is 13.0 Å². The molecule has 2 rings (SSSR count). The van der Waals surface area contributed by atoms with Crippen LogP contribution < -0.4 is 10.1 Å². The zero-order valence-electron chi connectivity index (χ0n) is 11.3. The predicted octanol–water partition coefficient (Wildman–Crippen LogP) is 3.67. The number of ether oxygens (including phenoxy) is 1. The number of nitrogens with one attached hydrogen (secondary N) is 1. The van der Waals surface area contributed by atoms with E-state index in [0.29, 0.717) is 0 Å². The molecule has 0 aliphatic heterocycles. The highest BCUT2D eigenvalue weighted by Crippen LogP contribution is 2.23. The summed E-state index contributed by atoms with van der Waals surface area (Å²) in [6, 6.07) is 5.83. The second kappa shape index (κ2) is 5.87. The standard InChI is InChI=1S/C15H12F3NO2/c1-8-3-6-11(16)14(13(8)18)19-15(20)10-5-4-9(21-2)7-12(10)17/h3-7H,1-2H3,(H,19,20). The largest absolute Gasteiger partial charge is 0.497 e. The van der Waals surface area contributed by atoms with Crippen molar-refractivity contribution in [2.45, 2.75) is 6.92 Å². The fraction of sp³-hybridized carbons (Fsp3) is 0.133. The Morgan fingerprint density at radius 1 is 1.10 bits per heavy atom. The quantitative estimate of drug-likeness (QED) is 0.938. The third-order valence-electron chi connectivity index (χ3n) is 2.94. The first-order valence-corrected chi connectivity index (χ1v) is 6.03. The van der Waals surface area contributed by atoms with E-state index in [-0.39, 0.29) is 16.9 Å². The molecule has 0 aliphatic rings. The van der Waals surface area contributed by atoms with Crippen LogP contribution in [0, 0.1) is 24.4 Å². The molecule has 3 nitrogen and oxygen atoms in total. The fourth-order valence-corrected chi connectivity index (χ4v) is 1.76. The minimum absolute atomic E-state index is 0.168. The van der Waals surface area contributed by atoms with Crippen molar-refractivity contribution in [1.29, 1.82) is 0 Å². The van der Waals surface area contributed by atoms with Crippen molar-refractivity contribution in [3.63, 3.8) is 0 Å². The monoisotopic (exact) mass is 295 g/mol. The Kier molecular flexibility index (Phi) is 4.16. The fourth-order valence-electron chi connectivity index (χ4n) is 1.76. The summed E-state index contributed by atoms with van der Waals surface area (Å²) >= 11 is 0. The molecule has 0 saturated carbocycles. The molecule has 6 heteroatoms. The van der Waals surface area contributed by atoms with E-state index in [1.165, 1.54) is 32.2 Å². The number of hydrogen-bond acceptors (Lipinski definition) is 2. The van der Waals surface area contributed by atoms with Crippen molar-refractivity contribution in [3.05, 3.63) is 58.9 Å². The summed E-state index contributed by atoms with van der Waals surface area (Å²) in [5.41, 5.74) is -0.770. The van der Waals surface area contributed by atoms with Crippen LogP contribution in [0.25, 0.3) is 0 Å². The van der Waals surface area contributed by atoms with Crippen molar-refractivity contribution in [1.82, 2.24) is 0 Å². The normalized spacial score (nSPS) is 10.3. The molecular weight excluding hydrogens is 283 g/mol. The van der Waals surface area contributed by atoms with Gasteiger partial charge in [-0.1, -0.05) is 6.07 Å². The molecule has 0 radical (unpaired) electrons. The summed E-state index contributed by atoms with van der Waals surface area (Å²) in [7, 11) is 1.35. The van der Waals surface area contributed by atoms with Crippen LogP contribution in [-0.2, 0) is 0 Å². The van der Waals surface area contributed by atoms with Crippen LogP contribution in [0.4, 0.5) is 18.9 Å². The average molecular weight is 295 g/mol. The van der Waals surface area contributed by atoms with Crippen molar-refractivity contribution in [2.75, 3.05) is 12.4 Å². The molecule has 0 heterocycles. The van der Waals surface area contributed by atoms with Gasteiger partial charge in [-0.25, -0.2) is 13.2 Å². The summed E-state index contributed by atoms with van der Waals surface area (Å²) in [6.07, 6.45) is 0. The minimum Gasteiger partial charge on any atom is -0.497 e. The van der Waals surface area contributed by atoms with Gasteiger partial charge < -0.3 is 10.1 Å². The van der Waals surface area contributed by atoms with E-state index < -0.39 is 29.0 Å². The first kappa shape index (κ1) is 14.9. The Bertz CT molecular complexity index is 702. The van der Waals surface area contributed by atoms with Gasteiger partial charge in [0.05, 0.1) is 12.7 Å². The van der Waals surface area contributed by atoms with E-state index in [4.69, 9.17) is 4.74 Å². The number of amides is 1. The topological polar surface area (TPSA) is 38.3 Å². The minimum atomic E-state index is -0.946. The van der Waals surface area contributed by atoms with Crippen molar-refractivity contribution >= 4 is 11.6 Å². The summed E-state index contributed by atoms with van der Waals surface area (Å²) in [6.45, 7) is 1.43. The molecule has 0 saturated heterocycles. The molecule has 0 atom stereocenters. The lowest BCUT2D eigenvalue weighted by Gasteiger charge is -2.10. The number of halogens is 3. The van der Waals surface area contributed by atoms with Gasteiger partial charge in [0.25, 0.3) is 5.91 Å². The van der Waals surface area contributed by atoms with Gasteiger partial charge >= 0.3 is 0 Å². The molecular formula is C15H12F3NO2. The van der Waals surface area contributed by atoms with Crippen LogP contribution in [0.5, 0.6) is 5.75 Å². The van der Waals surface area contributed by atoms with E-state index in [0.717, 1.165) is 12.1 Å². The SMILES string of the molecule is COc1ccc(C(=O)Nc2c(F)ccc(C)c2F)c(F)c1. The summed E-state index contributed by atoms with van der Waals surface area (Å²) < 4.78 is 45.9. The molecule has 110 valence electrons. The van der Waals surface area contributed by atoms with Crippen LogP contribution in [0.15, 0.2) is 30.3 Å². The Labute approximate surface area is 119 Å². The first-order valence-electron chi connectivity index (χ1n) is 6.03. The molecule has 2 aromatic carbocycles. The average Bonchev–Trinajstić information content (AvgIpc) is 2.47. The Balaban J connectivity index is 2.33. The zero-order chi connectivity index (χ0) is 15.6. The van der Waals surface area contributed by atoms with Gasteiger partial charge in [-0.3, -0.25) is 4.79 Å². The Hall–Kier alpha value is -2.50. The van der Waals surface area contributed by atoms with Gasteiger partial charge in [-0.2, -0.15) is 0 Å². The number of rotatable bonds is 3. The lowest BCUT2D eigenvalue weighted by atomic mass is 10.1. The van der Waals surface area contributed by atoms with Crippen molar-refractivity contribution < 1.29 is 22.7 Å². The third-order valence-corrected chi connectivity index (χ3v) is 2.94. The maximum absolute atomic E-state index is 13.8. The van der Waals surface area contributed by atoms with E-state index in [1.54, 1.807) is 0 Å². The highest BCUT2D eigenvalue weighted by atomic mass is 19.1. The van der Waals surface area contributed by atoms with E-state index in [1.807, 2.05) is 5.32 Å². The lowest BCUT2D eigenvalue weighted by molar-refractivity contribution is 0.102. The number of methoxy groups -OCH3 is 1. The maximum Gasteiger partial charge on any atom is 0.258 e. The summed E-state index contributed by atoms with van der Waals surface area (Å²) in [5.74, 6) is -3.38. The Morgan fingerprint density at radius 2 is 1.81 bits per heavy atom. The van der Waals surface area contributed by atoms with Gasteiger partial charge in [0, 0.05) is 6.07 Å². The smallest absolute Gasteiger partial charge is 0.258 e. The van der Waals surface area contributed by atoms with Crippen LogP contribution in [0.2, 0.25) is 0 Å². The van der Waals surface area contributed by atoms with Crippen LogP contribution in [0.3, 0.4) is 0 Å². The van der Waals surface area contributed by atoms with Gasteiger partial charge in [0.1, 0.15) is 23.1 Å². The van der Waals surface area contributed by atoms with Crippen molar-refractivity contribution in [2.24, 2.45) is 0 Å². The lowest BCUT2D eigenvalue weighted by Crippen LogP contribution is -2.16. The van der Waals surface area contributed by atoms with Gasteiger partial charge in [0.15, 0.2) is 5.82 Å². The van der Waals surface area contributed by atoms with Gasteiger partial charge in [-0.15, -0.1) is 0 Å². The molecule has 1 amide bonds. The first-order chi connectivity index (χ1) is 9.93. The Morgan fingerprint density at radius 3 is 2.43 bits per heavy atom. The molecule has 0 aromatic heterocycles. The predicted molar refractivity (Wildman–Crippen MR) is 72.0 cm³/mol. The molecule has 0 unspecified atom stereocenters. The molecule has 0 spiro atoms. The maximum atomic E-state index is 13.8. The second-order valence-electron chi connectivity index (χ2n) is 4.35. The summed E-state index contributed by atoms with van der Waals surface area (Å²) in [5, 5.41) is 2.04. The number of benzene rings is 2. The molecule has 0 bridgehead atoms. The molecule has 21 heavy (non-hydrogen) atoms. The number of carbonyl (C=O) groups excluding carboxylic acids is 1. The molecule has 0 fully saturated rings. The number of hydrogen-bond donors (Lipinski definition) is 1. The highest BCUT2D eigenvalue weighted by Gasteiger charge is 2.18. The molecule has 2 aromatic rings. The highest BCUT2D eigenvalue weighted by molar-refractivity contribution is 6.04. The second-order valence-corrected chi connectivity index (χ2v) is 4.35. The molecule has 0 aliphatic carbocycles. The van der Waals surface area contributed by atoms with E-state index in [2.05, 4.69) is 0 Å². The number of carbonyl (C=O) groups is 1. The van der Waals surface area contributed by atoms with Crippen LogP contribution >= 0.6 is 0 Å². The zero-order valence-corrected chi connectivity index (χ0v) is 11.3. The van der Waals surface area contributed by atoms with Gasteiger partial charge in [-0.05, 0) is 30.7 Å². The third kappa shape index (κ3) is 2.99. The number of anilines is 1. The van der Waals surface area contributed by atoms with E-state index in [9.17, 15) is 18.0 Å². The molecule has 1 N–H and O–H groups in total. The van der Waals surface area contributed by atoms with E-state index >= 15 is 0 Å². The van der Waals surface area contributed by atoms with Gasteiger partial charge in [0.2, 0.25) is 0 Å². The summed E-state index contributed by atoms with van der Waals surface area (Å²) in [4.78, 5) is 11.9.